The largest absolute Gasteiger partial charge is 0.408 e. The number of carbonyl (C=O) groups is 1. The van der Waals surface area contributed by atoms with Crippen LogP contribution < -0.4 is 11.1 Å². The molecule has 0 heterocycles. The average molecular weight is 357 g/mol. The van der Waals surface area contributed by atoms with E-state index in [9.17, 15) is 18.0 Å². The molecule has 3 N–H and O–H groups in total. The molecule has 0 spiro atoms. The van der Waals surface area contributed by atoms with Crippen LogP contribution in [0.3, 0.4) is 0 Å². The Kier molecular flexibility index (Phi) is 7.65. The molecular formula is C16H28ClF3N2O. The van der Waals surface area contributed by atoms with Crippen LogP contribution in [0.5, 0.6) is 0 Å². The van der Waals surface area contributed by atoms with Gasteiger partial charge in [0.15, 0.2) is 0 Å². The van der Waals surface area contributed by atoms with E-state index in [-0.39, 0.29) is 24.2 Å². The Bertz CT molecular complexity index is 378. The Morgan fingerprint density at radius 3 is 2.17 bits per heavy atom. The zero-order valence-electron chi connectivity index (χ0n) is 13.5. The molecule has 2 rings (SSSR count). The van der Waals surface area contributed by atoms with Crippen molar-refractivity contribution >= 4 is 18.3 Å². The third-order valence-electron chi connectivity index (χ3n) is 5.42. The highest BCUT2D eigenvalue weighted by Crippen LogP contribution is 2.39. The second kappa shape index (κ2) is 8.56. The van der Waals surface area contributed by atoms with Crippen molar-refractivity contribution in [3.8, 4) is 0 Å². The Hall–Kier alpha value is -0.490. The molecule has 0 aromatic rings. The van der Waals surface area contributed by atoms with Crippen molar-refractivity contribution < 1.29 is 18.0 Å². The summed E-state index contributed by atoms with van der Waals surface area (Å²) in [7, 11) is 0. The number of amides is 1. The molecule has 0 aliphatic heterocycles. The predicted octanol–water partition coefficient (Wildman–Crippen LogP) is 3.94. The molecule has 0 bridgehead atoms. The second-order valence-electron chi connectivity index (χ2n) is 7.07. The van der Waals surface area contributed by atoms with Gasteiger partial charge in [-0.25, -0.2) is 0 Å². The molecular weight excluding hydrogens is 329 g/mol. The van der Waals surface area contributed by atoms with Crippen LogP contribution in [0, 0.1) is 11.3 Å². The van der Waals surface area contributed by atoms with Gasteiger partial charge >= 0.3 is 6.18 Å². The lowest BCUT2D eigenvalue weighted by molar-refractivity contribution is -0.172. The number of halogens is 4. The lowest BCUT2D eigenvalue weighted by Gasteiger charge is -2.36. The second-order valence-corrected chi connectivity index (χ2v) is 7.07. The minimum Gasteiger partial charge on any atom is -0.344 e. The first-order chi connectivity index (χ1) is 10.4. The first-order valence-electron chi connectivity index (χ1n) is 8.42. The molecule has 1 atom stereocenters. The number of hydrogen-bond donors (Lipinski definition) is 2. The fraction of sp³-hybridized carbons (Fsp3) is 0.938. The summed E-state index contributed by atoms with van der Waals surface area (Å²) in [6.45, 7) is 0.376. The summed E-state index contributed by atoms with van der Waals surface area (Å²) in [5, 5.41) is 2.29. The Labute approximate surface area is 142 Å². The van der Waals surface area contributed by atoms with Gasteiger partial charge in [-0.2, -0.15) is 13.2 Å². The SMILES string of the molecule is Cl.NCC1(CC(=O)NC(C2CCCC2)C(F)(F)F)CCCCC1. The maximum absolute atomic E-state index is 13.2. The smallest absolute Gasteiger partial charge is 0.344 e. The van der Waals surface area contributed by atoms with E-state index >= 15 is 0 Å². The fourth-order valence-electron chi connectivity index (χ4n) is 4.08. The molecule has 1 unspecified atom stereocenters. The lowest BCUT2D eigenvalue weighted by atomic mass is 9.71. The third kappa shape index (κ3) is 5.52. The maximum Gasteiger partial charge on any atom is 0.408 e. The van der Waals surface area contributed by atoms with E-state index in [1.807, 2.05) is 0 Å². The number of hydrogen-bond acceptors (Lipinski definition) is 2. The molecule has 23 heavy (non-hydrogen) atoms. The Balaban J connectivity index is 0.00000264. The topological polar surface area (TPSA) is 55.1 Å². The van der Waals surface area contributed by atoms with Gasteiger partial charge < -0.3 is 11.1 Å². The van der Waals surface area contributed by atoms with Gasteiger partial charge in [-0.1, -0.05) is 32.1 Å². The van der Waals surface area contributed by atoms with Crippen LogP contribution in [0.15, 0.2) is 0 Å². The molecule has 2 aliphatic rings. The van der Waals surface area contributed by atoms with Gasteiger partial charge in [0.2, 0.25) is 5.91 Å². The number of carbonyl (C=O) groups excluding carboxylic acids is 1. The number of alkyl halides is 3. The van der Waals surface area contributed by atoms with Crippen LogP contribution in [-0.2, 0) is 4.79 Å². The van der Waals surface area contributed by atoms with Gasteiger partial charge in [-0.05, 0) is 43.6 Å². The summed E-state index contributed by atoms with van der Waals surface area (Å²) >= 11 is 0. The van der Waals surface area contributed by atoms with E-state index in [0.717, 1.165) is 44.9 Å². The summed E-state index contributed by atoms with van der Waals surface area (Å²) in [6, 6.07) is -1.69. The minimum absolute atomic E-state index is 0. The van der Waals surface area contributed by atoms with Gasteiger partial charge in [0.25, 0.3) is 0 Å². The molecule has 0 aromatic carbocycles. The predicted molar refractivity (Wildman–Crippen MR) is 86.4 cm³/mol. The van der Waals surface area contributed by atoms with Crippen molar-refractivity contribution in [2.24, 2.45) is 17.1 Å². The fourth-order valence-corrected chi connectivity index (χ4v) is 4.08. The molecule has 1 amide bonds. The van der Waals surface area contributed by atoms with Gasteiger partial charge in [-0.3, -0.25) is 4.79 Å². The van der Waals surface area contributed by atoms with Crippen molar-refractivity contribution in [1.82, 2.24) is 5.32 Å². The molecule has 2 saturated carbocycles. The number of nitrogens with one attached hydrogen (secondary N) is 1. The average Bonchev–Trinajstić information content (AvgIpc) is 2.98. The molecule has 2 aliphatic carbocycles. The van der Waals surface area contributed by atoms with Crippen LogP contribution in [0.4, 0.5) is 13.2 Å². The first-order valence-corrected chi connectivity index (χ1v) is 8.42. The van der Waals surface area contributed by atoms with Crippen LogP contribution in [0.25, 0.3) is 0 Å². The van der Waals surface area contributed by atoms with E-state index in [1.54, 1.807) is 0 Å². The van der Waals surface area contributed by atoms with Gasteiger partial charge in [0.05, 0.1) is 0 Å². The van der Waals surface area contributed by atoms with Crippen molar-refractivity contribution in [1.29, 1.82) is 0 Å². The van der Waals surface area contributed by atoms with E-state index < -0.39 is 24.0 Å². The van der Waals surface area contributed by atoms with Crippen molar-refractivity contribution in [2.45, 2.75) is 76.4 Å². The maximum atomic E-state index is 13.2. The molecule has 7 heteroatoms. The quantitative estimate of drug-likeness (QED) is 0.783. The van der Waals surface area contributed by atoms with Gasteiger partial charge in [-0.15, -0.1) is 12.4 Å². The minimum atomic E-state index is -4.37. The number of nitrogens with two attached hydrogens (primary N) is 1. The zero-order valence-corrected chi connectivity index (χ0v) is 14.3. The van der Waals surface area contributed by atoms with Crippen LogP contribution in [0.2, 0.25) is 0 Å². The van der Waals surface area contributed by atoms with Crippen LogP contribution >= 0.6 is 12.4 Å². The monoisotopic (exact) mass is 356 g/mol. The molecule has 136 valence electrons. The highest BCUT2D eigenvalue weighted by molar-refractivity contribution is 5.85. The van der Waals surface area contributed by atoms with Gasteiger partial charge in [0.1, 0.15) is 6.04 Å². The van der Waals surface area contributed by atoms with Gasteiger partial charge in [0, 0.05) is 6.42 Å². The van der Waals surface area contributed by atoms with Crippen molar-refractivity contribution in [3.63, 3.8) is 0 Å². The highest BCUT2D eigenvalue weighted by Gasteiger charge is 2.46. The van der Waals surface area contributed by atoms with Crippen molar-refractivity contribution in [3.05, 3.63) is 0 Å². The summed E-state index contributed by atoms with van der Waals surface area (Å²) in [5.41, 5.74) is 5.53. The first kappa shape index (κ1) is 20.6. The Morgan fingerprint density at radius 2 is 1.70 bits per heavy atom. The van der Waals surface area contributed by atoms with E-state index in [0.29, 0.717) is 19.4 Å². The third-order valence-corrected chi connectivity index (χ3v) is 5.42. The lowest BCUT2D eigenvalue weighted by Crippen LogP contribution is -2.51. The molecule has 2 fully saturated rings. The van der Waals surface area contributed by atoms with E-state index in [1.165, 1.54) is 0 Å². The van der Waals surface area contributed by atoms with Crippen molar-refractivity contribution in [2.75, 3.05) is 6.54 Å². The van der Waals surface area contributed by atoms with Crippen LogP contribution in [0.1, 0.15) is 64.2 Å². The standard InChI is InChI=1S/C16H27F3N2O.ClH/c17-16(18,19)14(12-6-2-3-7-12)21-13(22)10-15(11-20)8-4-1-5-9-15;/h12,14H,1-11,20H2,(H,21,22);1H. The molecule has 0 radical (unpaired) electrons. The molecule has 3 nitrogen and oxygen atoms in total. The summed E-state index contributed by atoms with van der Waals surface area (Å²) in [4.78, 5) is 12.2. The van der Waals surface area contributed by atoms with E-state index in [4.69, 9.17) is 5.73 Å². The van der Waals surface area contributed by atoms with E-state index in [2.05, 4.69) is 5.32 Å². The zero-order chi connectivity index (χ0) is 16.2. The number of rotatable bonds is 5. The Morgan fingerprint density at radius 1 is 1.13 bits per heavy atom. The summed E-state index contributed by atoms with van der Waals surface area (Å²) < 4.78 is 39.7. The summed E-state index contributed by atoms with van der Waals surface area (Å²) in [6.07, 6.45) is 3.32. The summed E-state index contributed by atoms with van der Waals surface area (Å²) in [5.74, 6) is -0.953. The normalized spacial score (nSPS) is 23.1. The highest BCUT2D eigenvalue weighted by atomic mass is 35.5. The molecule has 0 aromatic heterocycles. The van der Waals surface area contributed by atoms with Crippen LogP contribution in [-0.4, -0.2) is 24.7 Å². The molecule has 0 saturated heterocycles.